The summed E-state index contributed by atoms with van der Waals surface area (Å²) < 4.78 is 35.3. The lowest BCUT2D eigenvalue weighted by Gasteiger charge is -2.22. The molecule has 156 valence electrons. The molecular formula is C20H26N4O4S. The molecule has 4 rings (SSSR count). The monoisotopic (exact) mass is 418 g/mol. The van der Waals surface area contributed by atoms with Gasteiger partial charge >= 0.3 is 0 Å². The number of benzene rings is 1. The quantitative estimate of drug-likeness (QED) is 0.801. The van der Waals surface area contributed by atoms with Crippen molar-refractivity contribution in [2.24, 2.45) is 5.92 Å². The number of nitrogens with one attached hydrogen (secondary N) is 1. The number of ether oxygens (including phenoxy) is 1. The number of carbonyl (C=O) groups excluding carboxylic acids is 1. The van der Waals surface area contributed by atoms with Crippen LogP contribution in [0.25, 0.3) is 5.69 Å². The third-order valence-electron chi connectivity index (χ3n) is 5.23. The van der Waals surface area contributed by atoms with Crippen LogP contribution in [0.1, 0.15) is 42.9 Å². The molecule has 2 aliphatic heterocycles. The summed E-state index contributed by atoms with van der Waals surface area (Å²) in [6.45, 7) is 5.54. The number of carbonyl (C=O) groups is 1. The lowest BCUT2D eigenvalue weighted by Crippen LogP contribution is -2.35. The zero-order valence-corrected chi connectivity index (χ0v) is 17.5. The maximum absolute atomic E-state index is 13.3. The van der Waals surface area contributed by atoms with Gasteiger partial charge in [0.25, 0.3) is 5.91 Å². The molecule has 1 aromatic carbocycles. The van der Waals surface area contributed by atoms with Gasteiger partial charge in [0.15, 0.2) is 5.69 Å². The first-order chi connectivity index (χ1) is 13.9. The molecule has 1 saturated heterocycles. The van der Waals surface area contributed by atoms with Crippen LogP contribution in [-0.2, 0) is 21.3 Å². The normalized spacial score (nSPS) is 20.9. The van der Waals surface area contributed by atoms with Gasteiger partial charge in [-0.2, -0.15) is 4.31 Å². The number of nitrogens with zero attached hydrogens (tertiary/aromatic N) is 3. The number of fused-ring (bicyclic) bond motifs is 3. The summed E-state index contributed by atoms with van der Waals surface area (Å²) >= 11 is 0. The van der Waals surface area contributed by atoms with E-state index in [0.29, 0.717) is 24.5 Å². The van der Waals surface area contributed by atoms with Gasteiger partial charge in [0, 0.05) is 19.7 Å². The van der Waals surface area contributed by atoms with Crippen LogP contribution >= 0.6 is 0 Å². The number of hydrogen-bond donors (Lipinski definition) is 1. The first-order valence-corrected chi connectivity index (χ1v) is 11.4. The second-order valence-corrected chi connectivity index (χ2v) is 9.82. The summed E-state index contributed by atoms with van der Waals surface area (Å²) in [5, 5.41) is 2.89. The SMILES string of the molecule is CC(C)CN1Cc2c(C(=O)NCC3CCCO3)ncn2-c2ccccc2S1(=O)=O. The number of imidazole rings is 1. The molecule has 1 amide bonds. The fourth-order valence-corrected chi connectivity index (χ4v) is 5.60. The van der Waals surface area contributed by atoms with Gasteiger partial charge in [-0.15, -0.1) is 0 Å². The Morgan fingerprint density at radius 1 is 1.34 bits per heavy atom. The second kappa shape index (κ2) is 7.89. The molecule has 0 bridgehead atoms. The number of amides is 1. The Balaban J connectivity index is 1.71. The van der Waals surface area contributed by atoms with Gasteiger partial charge in [-0.05, 0) is 30.9 Å². The zero-order valence-electron chi connectivity index (χ0n) is 16.7. The molecule has 0 spiro atoms. The average Bonchev–Trinajstić information content (AvgIpc) is 3.33. The summed E-state index contributed by atoms with van der Waals surface area (Å²) in [5.74, 6) is -0.168. The number of sulfonamides is 1. The highest BCUT2D eigenvalue weighted by Crippen LogP contribution is 2.31. The van der Waals surface area contributed by atoms with Crippen LogP contribution in [0.15, 0.2) is 35.5 Å². The lowest BCUT2D eigenvalue weighted by atomic mass is 10.2. The maximum atomic E-state index is 13.3. The highest BCUT2D eigenvalue weighted by Gasteiger charge is 2.35. The van der Waals surface area contributed by atoms with E-state index in [1.807, 2.05) is 13.8 Å². The Kier molecular flexibility index (Phi) is 5.46. The van der Waals surface area contributed by atoms with Gasteiger partial charge in [-0.1, -0.05) is 26.0 Å². The fourth-order valence-electron chi connectivity index (χ4n) is 3.85. The van der Waals surface area contributed by atoms with Crippen LogP contribution in [0.4, 0.5) is 0 Å². The first-order valence-electron chi connectivity index (χ1n) is 9.93. The van der Waals surface area contributed by atoms with Crippen molar-refractivity contribution in [3.8, 4) is 5.69 Å². The fraction of sp³-hybridized carbons (Fsp3) is 0.500. The zero-order chi connectivity index (χ0) is 20.6. The Morgan fingerprint density at radius 2 is 2.14 bits per heavy atom. The molecule has 0 aliphatic carbocycles. The van der Waals surface area contributed by atoms with E-state index < -0.39 is 10.0 Å². The Labute approximate surface area is 170 Å². The van der Waals surface area contributed by atoms with Gasteiger partial charge in [0.05, 0.1) is 24.0 Å². The second-order valence-electron chi connectivity index (χ2n) is 7.91. The molecule has 8 nitrogen and oxygen atoms in total. The molecule has 2 aromatic rings. The van der Waals surface area contributed by atoms with Crippen LogP contribution in [-0.4, -0.2) is 54.0 Å². The van der Waals surface area contributed by atoms with Gasteiger partial charge in [-0.3, -0.25) is 9.36 Å². The van der Waals surface area contributed by atoms with Crippen molar-refractivity contribution in [1.29, 1.82) is 0 Å². The third kappa shape index (κ3) is 3.82. The summed E-state index contributed by atoms with van der Waals surface area (Å²) in [4.78, 5) is 17.4. The van der Waals surface area contributed by atoms with Crippen molar-refractivity contribution in [2.45, 2.75) is 44.2 Å². The van der Waals surface area contributed by atoms with Crippen molar-refractivity contribution in [3.63, 3.8) is 0 Å². The summed E-state index contributed by atoms with van der Waals surface area (Å²) in [6.07, 6.45) is 3.48. The van der Waals surface area contributed by atoms with E-state index >= 15 is 0 Å². The smallest absolute Gasteiger partial charge is 0.271 e. The summed E-state index contributed by atoms with van der Waals surface area (Å²) in [6, 6.07) is 6.84. The van der Waals surface area contributed by atoms with Crippen LogP contribution < -0.4 is 5.32 Å². The van der Waals surface area contributed by atoms with Gasteiger partial charge in [-0.25, -0.2) is 13.4 Å². The number of para-hydroxylation sites is 1. The maximum Gasteiger partial charge on any atom is 0.271 e. The lowest BCUT2D eigenvalue weighted by molar-refractivity contribution is 0.0852. The molecule has 9 heteroatoms. The van der Waals surface area contributed by atoms with Crippen molar-refractivity contribution < 1.29 is 17.9 Å². The topological polar surface area (TPSA) is 93.5 Å². The molecule has 0 saturated carbocycles. The molecular weight excluding hydrogens is 392 g/mol. The molecule has 1 aromatic heterocycles. The van der Waals surface area contributed by atoms with Crippen molar-refractivity contribution >= 4 is 15.9 Å². The first kappa shape index (κ1) is 20.1. The minimum Gasteiger partial charge on any atom is -0.376 e. The molecule has 29 heavy (non-hydrogen) atoms. The van der Waals surface area contributed by atoms with E-state index in [0.717, 1.165) is 19.4 Å². The predicted molar refractivity (Wildman–Crippen MR) is 107 cm³/mol. The minimum absolute atomic E-state index is 0.0266. The van der Waals surface area contributed by atoms with Gasteiger partial charge in [0.1, 0.15) is 11.2 Å². The van der Waals surface area contributed by atoms with Gasteiger partial charge < -0.3 is 10.1 Å². The molecule has 1 fully saturated rings. The van der Waals surface area contributed by atoms with Crippen LogP contribution in [0.2, 0.25) is 0 Å². The predicted octanol–water partition coefficient (Wildman–Crippen LogP) is 1.94. The Bertz CT molecular complexity index is 1010. The van der Waals surface area contributed by atoms with Crippen LogP contribution in [0.3, 0.4) is 0 Å². The number of hydrogen-bond acceptors (Lipinski definition) is 5. The van der Waals surface area contributed by atoms with E-state index in [2.05, 4.69) is 10.3 Å². The molecule has 0 radical (unpaired) electrons. The molecule has 2 aliphatic rings. The van der Waals surface area contributed by atoms with Crippen LogP contribution in [0, 0.1) is 5.92 Å². The number of rotatable bonds is 5. The van der Waals surface area contributed by atoms with E-state index in [-0.39, 0.29) is 35.1 Å². The van der Waals surface area contributed by atoms with E-state index in [1.165, 1.54) is 10.6 Å². The minimum atomic E-state index is -3.69. The largest absolute Gasteiger partial charge is 0.376 e. The Morgan fingerprint density at radius 3 is 2.86 bits per heavy atom. The summed E-state index contributed by atoms with van der Waals surface area (Å²) in [5.41, 5.74) is 1.34. The number of aromatic nitrogens is 2. The molecule has 3 heterocycles. The van der Waals surface area contributed by atoms with E-state index in [1.54, 1.807) is 28.8 Å². The van der Waals surface area contributed by atoms with Crippen molar-refractivity contribution in [1.82, 2.24) is 19.2 Å². The molecule has 1 N–H and O–H groups in total. The standard InChI is InChI=1S/C20H26N4O4S/c1-14(2)11-23-12-17-19(20(25)21-10-15-6-5-9-28-15)22-13-24(17)16-7-3-4-8-18(16)29(23,26)27/h3-4,7-8,13-15H,5-6,9-12H2,1-2H3,(H,21,25). The van der Waals surface area contributed by atoms with E-state index in [9.17, 15) is 13.2 Å². The molecule has 1 unspecified atom stereocenters. The Hall–Kier alpha value is -2.23. The van der Waals surface area contributed by atoms with Gasteiger partial charge in [0.2, 0.25) is 10.0 Å². The highest BCUT2D eigenvalue weighted by molar-refractivity contribution is 7.89. The van der Waals surface area contributed by atoms with Crippen molar-refractivity contribution in [2.75, 3.05) is 19.7 Å². The van der Waals surface area contributed by atoms with Crippen LogP contribution in [0.5, 0.6) is 0 Å². The van der Waals surface area contributed by atoms with Crippen molar-refractivity contribution in [3.05, 3.63) is 42.0 Å². The highest BCUT2D eigenvalue weighted by atomic mass is 32.2. The third-order valence-corrected chi connectivity index (χ3v) is 7.09. The summed E-state index contributed by atoms with van der Waals surface area (Å²) in [7, 11) is -3.69. The average molecular weight is 419 g/mol. The molecule has 1 atom stereocenters. The van der Waals surface area contributed by atoms with E-state index in [4.69, 9.17) is 4.74 Å².